The highest BCUT2D eigenvalue weighted by Crippen LogP contribution is 2.35. The van der Waals surface area contributed by atoms with Gasteiger partial charge >= 0.3 is 11.9 Å². The molecule has 0 radical (unpaired) electrons. The molecule has 0 bridgehead atoms. The van der Waals surface area contributed by atoms with Crippen LogP contribution in [0.2, 0.25) is 0 Å². The zero-order chi connectivity index (χ0) is 22.8. The Morgan fingerprint density at radius 1 is 1.17 bits per heavy atom. The normalized spacial score (nSPS) is 15.7. The van der Waals surface area contributed by atoms with E-state index in [9.17, 15) is 19.0 Å². The third-order valence-corrected chi connectivity index (χ3v) is 4.24. The molecular formula is C19H34NO8P. The Morgan fingerprint density at radius 3 is 2.21 bits per heavy atom. The van der Waals surface area contributed by atoms with Crippen molar-refractivity contribution in [2.75, 3.05) is 34.3 Å². The van der Waals surface area contributed by atoms with E-state index in [1.807, 2.05) is 28.1 Å². The molecule has 0 saturated carbocycles. The summed E-state index contributed by atoms with van der Waals surface area (Å²) < 4.78 is 26.8. The number of ether oxygens (including phenoxy) is 2. The molecule has 0 saturated heterocycles. The van der Waals surface area contributed by atoms with E-state index in [-0.39, 0.29) is 37.1 Å². The van der Waals surface area contributed by atoms with Crippen molar-refractivity contribution in [3.05, 3.63) is 24.3 Å². The van der Waals surface area contributed by atoms with Crippen molar-refractivity contribution < 1.29 is 42.4 Å². The summed E-state index contributed by atoms with van der Waals surface area (Å²) in [4.78, 5) is 44.4. The maximum Gasteiger partial charge on any atom is 0.333 e. The summed E-state index contributed by atoms with van der Waals surface area (Å²) in [7, 11) is 0.403. The maximum absolute atomic E-state index is 12.1. The Bertz CT molecular complexity index is 635. The first-order valence-electron chi connectivity index (χ1n) is 9.38. The molecule has 0 aliphatic carbocycles. The molecule has 168 valence electrons. The van der Waals surface area contributed by atoms with Gasteiger partial charge in [-0.25, -0.2) is 9.59 Å². The average Bonchev–Trinajstić information content (AvgIpc) is 2.51. The molecule has 0 aromatic rings. The van der Waals surface area contributed by atoms with Crippen LogP contribution in [-0.4, -0.2) is 67.8 Å². The van der Waals surface area contributed by atoms with Crippen LogP contribution in [0.3, 0.4) is 0 Å². The predicted molar refractivity (Wildman–Crippen MR) is 107 cm³/mol. The molecule has 0 fully saturated rings. The van der Waals surface area contributed by atoms with E-state index >= 15 is 0 Å². The molecule has 0 aromatic heterocycles. The van der Waals surface area contributed by atoms with E-state index in [1.54, 1.807) is 0 Å². The average molecular weight is 435 g/mol. The summed E-state index contributed by atoms with van der Waals surface area (Å²) in [5.74, 6) is -1.31. The fourth-order valence-electron chi connectivity index (χ4n) is 2.44. The number of esters is 2. The first-order chi connectivity index (χ1) is 13.1. The molecule has 0 aliphatic heterocycles. The van der Waals surface area contributed by atoms with Crippen molar-refractivity contribution >= 4 is 19.8 Å². The van der Waals surface area contributed by atoms with E-state index < -0.39 is 32.0 Å². The number of hydrogen-bond donors (Lipinski definition) is 1. The number of phosphoric ester groups is 1. The molecule has 9 nitrogen and oxygen atoms in total. The highest BCUT2D eigenvalue weighted by atomic mass is 31.2. The van der Waals surface area contributed by atoms with E-state index in [0.29, 0.717) is 10.9 Å². The molecule has 29 heavy (non-hydrogen) atoms. The number of hydrogen-bond acceptors (Lipinski definition) is 7. The highest BCUT2D eigenvalue weighted by Gasteiger charge is 2.29. The lowest BCUT2D eigenvalue weighted by Gasteiger charge is -2.33. The summed E-state index contributed by atoms with van der Waals surface area (Å²) in [5.41, 5.74) is 0.228. The number of carbonyl (C=O) groups is 2. The van der Waals surface area contributed by atoms with Crippen LogP contribution in [0.25, 0.3) is 0 Å². The van der Waals surface area contributed by atoms with Crippen molar-refractivity contribution in [2.45, 2.75) is 51.7 Å². The maximum atomic E-state index is 12.1. The predicted octanol–water partition coefficient (Wildman–Crippen LogP) is 1.71. The summed E-state index contributed by atoms with van der Waals surface area (Å²) in [5, 5.41) is 0. The minimum absolute atomic E-state index is 0.0738. The Hall–Kier alpha value is -1.51. The van der Waals surface area contributed by atoms with Gasteiger partial charge < -0.3 is 28.3 Å². The third kappa shape index (κ3) is 14.2. The van der Waals surface area contributed by atoms with Crippen LogP contribution in [0.5, 0.6) is 0 Å². The summed E-state index contributed by atoms with van der Waals surface area (Å²) in [6.07, 6.45) is -0.498. The second-order valence-corrected chi connectivity index (χ2v) is 9.16. The van der Waals surface area contributed by atoms with Crippen molar-refractivity contribution in [2.24, 2.45) is 0 Å². The first-order valence-corrected chi connectivity index (χ1v) is 10.9. The summed E-state index contributed by atoms with van der Waals surface area (Å²) >= 11 is 0. The van der Waals surface area contributed by atoms with Gasteiger partial charge in [-0.05, 0) is 13.3 Å². The Balaban J connectivity index is 5.36. The number of likely N-dealkylation sites (N-methyl/N-ethyl adjacent to an activating group) is 1. The van der Waals surface area contributed by atoms with Gasteiger partial charge in [-0.3, -0.25) is 4.57 Å². The Morgan fingerprint density at radius 2 is 1.76 bits per heavy atom. The van der Waals surface area contributed by atoms with Gasteiger partial charge in [0.05, 0.1) is 27.7 Å². The van der Waals surface area contributed by atoms with Crippen molar-refractivity contribution in [3.8, 4) is 0 Å². The number of nitrogens with zero attached hydrogens (tertiary/aromatic N) is 1. The largest absolute Gasteiger partial charge is 0.756 e. The van der Waals surface area contributed by atoms with Gasteiger partial charge in [0.1, 0.15) is 18.8 Å². The third-order valence-electron chi connectivity index (χ3n) is 3.68. The molecule has 1 N–H and O–H groups in total. The van der Waals surface area contributed by atoms with Gasteiger partial charge in [0.2, 0.25) is 0 Å². The van der Waals surface area contributed by atoms with Gasteiger partial charge in [-0.1, -0.05) is 26.5 Å². The van der Waals surface area contributed by atoms with Crippen LogP contribution < -0.4 is 4.89 Å². The van der Waals surface area contributed by atoms with Gasteiger partial charge in [-0.15, -0.1) is 0 Å². The summed E-state index contributed by atoms with van der Waals surface area (Å²) in [6.45, 7) is 11.1. The molecule has 3 unspecified atom stereocenters. The van der Waals surface area contributed by atoms with E-state index in [1.165, 1.54) is 6.92 Å². The van der Waals surface area contributed by atoms with Crippen LogP contribution in [0, 0.1) is 0 Å². The van der Waals surface area contributed by atoms with Gasteiger partial charge in [0.15, 0.2) is 0 Å². The minimum atomic E-state index is -5.02. The molecule has 10 heteroatoms. The van der Waals surface area contributed by atoms with Crippen LogP contribution in [-0.2, 0) is 28.2 Å². The SMILES string of the molecule is C=C(C)C(=O)OC(CC(=C)C(=O)OCCCC)CC(C[N+](C)(C)C)OP(=O)([O-])O. The van der Waals surface area contributed by atoms with E-state index in [4.69, 9.17) is 18.9 Å². The topological polar surface area (TPSA) is 122 Å². The van der Waals surface area contributed by atoms with Gasteiger partial charge in [0.25, 0.3) is 7.82 Å². The smallest absolute Gasteiger partial charge is 0.333 e. The fraction of sp³-hybridized carbons (Fsp3) is 0.684. The van der Waals surface area contributed by atoms with Crippen molar-refractivity contribution in [1.29, 1.82) is 0 Å². The zero-order valence-corrected chi connectivity index (χ0v) is 18.9. The zero-order valence-electron chi connectivity index (χ0n) is 18.0. The molecule has 0 amide bonds. The lowest BCUT2D eigenvalue weighted by molar-refractivity contribution is -0.873. The molecule has 0 aromatic carbocycles. The highest BCUT2D eigenvalue weighted by molar-refractivity contribution is 7.44. The number of rotatable bonds is 14. The van der Waals surface area contributed by atoms with Crippen LogP contribution in [0.15, 0.2) is 24.3 Å². The fourth-order valence-corrected chi connectivity index (χ4v) is 2.97. The molecule has 0 aliphatic rings. The second kappa shape index (κ2) is 12.2. The Labute approximate surface area is 173 Å². The standard InChI is InChI=1S/C19H34NO8P/c1-8-9-10-26-19(22)15(4)11-16(27-18(21)14(2)3)12-17(13-20(5,6)7)28-29(23,24)25/h16-17H,2,4,8-13H2,1,3,5-7H3,(H-,23,24,25). The van der Waals surface area contributed by atoms with Crippen molar-refractivity contribution in [1.82, 2.24) is 0 Å². The van der Waals surface area contributed by atoms with E-state index in [0.717, 1.165) is 6.42 Å². The van der Waals surface area contributed by atoms with Crippen molar-refractivity contribution in [3.63, 3.8) is 0 Å². The number of unbranched alkanes of at least 4 members (excludes halogenated alkanes) is 1. The molecule has 0 spiro atoms. The van der Waals surface area contributed by atoms with Crippen LogP contribution in [0.4, 0.5) is 0 Å². The molecule has 0 heterocycles. The second-order valence-electron chi connectivity index (χ2n) is 8.01. The lowest BCUT2D eigenvalue weighted by atomic mass is 10.0. The summed E-state index contributed by atoms with van der Waals surface area (Å²) in [6, 6.07) is 0. The monoisotopic (exact) mass is 435 g/mol. The van der Waals surface area contributed by atoms with Crippen LogP contribution in [0.1, 0.15) is 39.5 Å². The number of quaternary nitrogens is 1. The first kappa shape index (κ1) is 27.5. The molecular weight excluding hydrogens is 401 g/mol. The van der Waals surface area contributed by atoms with E-state index in [2.05, 4.69) is 13.2 Å². The quantitative estimate of drug-likeness (QED) is 0.144. The number of carbonyl (C=O) groups excluding carboxylic acids is 2. The minimum Gasteiger partial charge on any atom is -0.756 e. The Kier molecular flexibility index (Phi) is 11.6. The van der Waals surface area contributed by atoms with Crippen LogP contribution >= 0.6 is 7.82 Å². The lowest BCUT2D eigenvalue weighted by Crippen LogP contribution is -2.44. The number of phosphoric acid groups is 1. The molecule has 3 atom stereocenters. The van der Waals surface area contributed by atoms with Gasteiger partial charge in [0, 0.05) is 24.0 Å². The molecule has 0 rings (SSSR count). The van der Waals surface area contributed by atoms with Gasteiger partial charge in [-0.2, -0.15) is 0 Å².